The molecule has 0 radical (unpaired) electrons. The van der Waals surface area contributed by atoms with Crippen LogP contribution in [0.15, 0.2) is 35.4 Å². The first kappa shape index (κ1) is 18.8. The lowest BCUT2D eigenvalue weighted by atomic mass is 10.1. The van der Waals surface area contributed by atoms with Gasteiger partial charge in [0.05, 0.1) is 12.0 Å². The lowest BCUT2D eigenvalue weighted by molar-refractivity contribution is 0.0596. The van der Waals surface area contributed by atoms with Crippen molar-refractivity contribution < 1.29 is 17.9 Å². The standard InChI is InChI=1S/C18H23N3O4S/c1-3-11-21(13-7-9-19-12-13)26(23,24)16-6-4-5-15-14(16)8-10-20-17(15)18(22)25-2/h4-6,8,10,13,19H,3,7,9,11-12H2,1-2H3. The highest BCUT2D eigenvalue weighted by Gasteiger charge is 2.33. The molecule has 0 saturated carbocycles. The van der Waals surface area contributed by atoms with Crippen molar-refractivity contribution in [3.05, 3.63) is 36.2 Å². The fourth-order valence-electron chi connectivity index (χ4n) is 3.39. The summed E-state index contributed by atoms with van der Waals surface area (Å²) in [4.78, 5) is 16.2. The first-order chi connectivity index (χ1) is 12.5. The summed E-state index contributed by atoms with van der Waals surface area (Å²) in [5.74, 6) is -0.587. The van der Waals surface area contributed by atoms with Crippen LogP contribution in [0.3, 0.4) is 0 Å². The van der Waals surface area contributed by atoms with E-state index in [9.17, 15) is 13.2 Å². The van der Waals surface area contributed by atoms with Crippen molar-refractivity contribution in [2.45, 2.75) is 30.7 Å². The van der Waals surface area contributed by atoms with Gasteiger partial charge in [-0.1, -0.05) is 19.1 Å². The molecule has 1 aliphatic rings. The molecule has 1 saturated heterocycles. The van der Waals surface area contributed by atoms with Crippen molar-refractivity contribution in [3.8, 4) is 0 Å². The number of pyridine rings is 1. The Kier molecular flexibility index (Phi) is 5.55. The molecule has 7 nitrogen and oxygen atoms in total. The fourth-order valence-corrected chi connectivity index (χ4v) is 5.35. The number of ether oxygens (including phenoxy) is 1. The van der Waals surface area contributed by atoms with Crippen LogP contribution in [-0.2, 0) is 14.8 Å². The SMILES string of the molecule is CCCN(C1CCNC1)S(=O)(=O)c1cccc2c(C(=O)OC)nccc12. The van der Waals surface area contributed by atoms with Gasteiger partial charge in [-0.2, -0.15) is 4.31 Å². The van der Waals surface area contributed by atoms with Gasteiger partial charge in [0.1, 0.15) is 0 Å². The van der Waals surface area contributed by atoms with Gasteiger partial charge >= 0.3 is 5.97 Å². The first-order valence-corrected chi connectivity index (χ1v) is 10.1. The Morgan fingerprint density at radius 3 is 2.81 bits per heavy atom. The van der Waals surface area contributed by atoms with E-state index < -0.39 is 16.0 Å². The number of aromatic nitrogens is 1. The zero-order valence-electron chi connectivity index (χ0n) is 14.9. The largest absolute Gasteiger partial charge is 0.464 e. The number of nitrogens with one attached hydrogen (secondary N) is 1. The maximum Gasteiger partial charge on any atom is 0.357 e. The molecule has 1 aromatic carbocycles. The van der Waals surface area contributed by atoms with Crippen molar-refractivity contribution in [3.63, 3.8) is 0 Å². The molecule has 1 aliphatic heterocycles. The van der Waals surface area contributed by atoms with E-state index in [4.69, 9.17) is 4.74 Å². The van der Waals surface area contributed by atoms with E-state index in [1.54, 1.807) is 28.6 Å². The Bertz CT molecular complexity index is 908. The molecular weight excluding hydrogens is 354 g/mol. The van der Waals surface area contributed by atoms with Crippen LogP contribution >= 0.6 is 0 Å². The molecular formula is C18H23N3O4S. The summed E-state index contributed by atoms with van der Waals surface area (Å²) in [6, 6.07) is 6.49. The van der Waals surface area contributed by atoms with Gasteiger partial charge in [-0.3, -0.25) is 0 Å². The third-order valence-electron chi connectivity index (χ3n) is 4.62. The van der Waals surface area contributed by atoms with Gasteiger partial charge < -0.3 is 10.1 Å². The van der Waals surface area contributed by atoms with Crippen molar-refractivity contribution >= 4 is 26.8 Å². The minimum atomic E-state index is -3.71. The maximum atomic E-state index is 13.4. The number of esters is 1. The summed E-state index contributed by atoms with van der Waals surface area (Å²) < 4.78 is 33.2. The zero-order chi connectivity index (χ0) is 18.7. The van der Waals surface area contributed by atoms with E-state index in [-0.39, 0.29) is 16.6 Å². The van der Waals surface area contributed by atoms with E-state index >= 15 is 0 Å². The van der Waals surface area contributed by atoms with Crippen molar-refractivity contribution in [2.24, 2.45) is 0 Å². The van der Waals surface area contributed by atoms with Gasteiger partial charge in [0.15, 0.2) is 5.69 Å². The number of carbonyl (C=O) groups is 1. The summed E-state index contributed by atoms with van der Waals surface area (Å²) in [5.41, 5.74) is 0.117. The highest BCUT2D eigenvalue weighted by atomic mass is 32.2. The number of nitrogens with zero attached hydrogens (tertiary/aromatic N) is 2. The second-order valence-corrected chi connectivity index (χ2v) is 8.12. The van der Waals surface area contributed by atoms with Crippen LogP contribution in [0, 0.1) is 0 Å². The third-order valence-corrected chi connectivity index (χ3v) is 6.63. The maximum absolute atomic E-state index is 13.4. The van der Waals surface area contributed by atoms with Crippen LogP contribution in [0.1, 0.15) is 30.3 Å². The van der Waals surface area contributed by atoms with Gasteiger partial charge in [-0.15, -0.1) is 0 Å². The van der Waals surface area contributed by atoms with Crippen LogP contribution < -0.4 is 5.32 Å². The third kappa shape index (κ3) is 3.32. The number of carbonyl (C=O) groups excluding carboxylic acids is 1. The number of hydrogen-bond acceptors (Lipinski definition) is 6. The number of hydrogen-bond donors (Lipinski definition) is 1. The smallest absolute Gasteiger partial charge is 0.357 e. The average molecular weight is 377 g/mol. The zero-order valence-corrected chi connectivity index (χ0v) is 15.8. The van der Waals surface area contributed by atoms with Gasteiger partial charge in [-0.25, -0.2) is 18.2 Å². The highest BCUT2D eigenvalue weighted by molar-refractivity contribution is 7.89. The molecule has 8 heteroatoms. The normalized spacial score (nSPS) is 17.7. The predicted octanol–water partition coefficient (Wildman–Crippen LogP) is 1.78. The second-order valence-electron chi connectivity index (χ2n) is 6.26. The Hall–Kier alpha value is -2.03. The Labute approximate surface area is 153 Å². The molecule has 1 atom stereocenters. The van der Waals surface area contributed by atoms with Crippen LogP contribution in [0.5, 0.6) is 0 Å². The Morgan fingerprint density at radius 1 is 1.35 bits per heavy atom. The Balaban J connectivity index is 2.15. The molecule has 0 spiro atoms. The molecule has 0 amide bonds. The molecule has 2 aromatic rings. The average Bonchev–Trinajstić information content (AvgIpc) is 3.18. The monoisotopic (exact) mass is 377 g/mol. The number of rotatable bonds is 6. The minimum Gasteiger partial charge on any atom is -0.464 e. The van der Waals surface area contributed by atoms with Gasteiger partial charge in [0, 0.05) is 36.1 Å². The van der Waals surface area contributed by atoms with Gasteiger partial charge in [0.2, 0.25) is 10.0 Å². The van der Waals surface area contributed by atoms with Crippen molar-refractivity contribution in [1.82, 2.24) is 14.6 Å². The molecule has 140 valence electrons. The minimum absolute atomic E-state index is 0.0582. The van der Waals surface area contributed by atoms with Crippen LogP contribution in [0.4, 0.5) is 0 Å². The van der Waals surface area contributed by atoms with E-state index in [2.05, 4.69) is 10.3 Å². The van der Waals surface area contributed by atoms with E-state index in [0.29, 0.717) is 23.9 Å². The number of fused-ring (bicyclic) bond motifs is 1. The molecule has 1 N–H and O–H groups in total. The quantitative estimate of drug-likeness (QED) is 0.772. The van der Waals surface area contributed by atoms with Crippen molar-refractivity contribution in [1.29, 1.82) is 0 Å². The predicted molar refractivity (Wildman–Crippen MR) is 98.5 cm³/mol. The lowest BCUT2D eigenvalue weighted by Gasteiger charge is -2.27. The van der Waals surface area contributed by atoms with Gasteiger partial charge in [0.25, 0.3) is 0 Å². The molecule has 1 fully saturated rings. The molecule has 2 heterocycles. The summed E-state index contributed by atoms with van der Waals surface area (Å²) in [6.07, 6.45) is 2.96. The molecule has 0 bridgehead atoms. The number of benzene rings is 1. The van der Waals surface area contributed by atoms with E-state index in [1.807, 2.05) is 6.92 Å². The number of sulfonamides is 1. The highest BCUT2D eigenvalue weighted by Crippen LogP contribution is 2.29. The van der Waals surface area contributed by atoms with Gasteiger partial charge in [-0.05, 0) is 31.5 Å². The van der Waals surface area contributed by atoms with Crippen LogP contribution in [-0.4, -0.2) is 56.5 Å². The molecule has 0 aliphatic carbocycles. The summed E-state index contributed by atoms with van der Waals surface area (Å²) in [6.45, 7) is 3.89. The van der Waals surface area contributed by atoms with E-state index in [0.717, 1.165) is 19.4 Å². The molecule has 1 aromatic heterocycles. The summed E-state index contributed by atoms with van der Waals surface area (Å²) >= 11 is 0. The van der Waals surface area contributed by atoms with Crippen LogP contribution in [0.25, 0.3) is 10.8 Å². The molecule has 26 heavy (non-hydrogen) atoms. The fraction of sp³-hybridized carbons (Fsp3) is 0.444. The first-order valence-electron chi connectivity index (χ1n) is 8.69. The summed E-state index contributed by atoms with van der Waals surface area (Å²) in [5, 5.41) is 4.18. The molecule has 1 unspecified atom stereocenters. The van der Waals surface area contributed by atoms with Crippen LogP contribution in [0.2, 0.25) is 0 Å². The Morgan fingerprint density at radius 2 is 2.15 bits per heavy atom. The summed E-state index contributed by atoms with van der Waals surface area (Å²) in [7, 11) is -2.43. The molecule has 3 rings (SSSR count). The number of methoxy groups -OCH3 is 1. The van der Waals surface area contributed by atoms with Crippen molar-refractivity contribution in [2.75, 3.05) is 26.7 Å². The lowest BCUT2D eigenvalue weighted by Crippen LogP contribution is -2.42. The topological polar surface area (TPSA) is 88.6 Å². The second kappa shape index (κ2) is 7.69. The van der Waals surface area contributed by atoms with E-state index in [1.165, 1.54) is 13.3 Å².